The lowest BCUT2D eigenvalue weighted by atomic mass is 9.94. The Morgan fingerprint density at radius 3 is 2.50 bits per heavy atom. The van der Waals surface area contributed by atoms with E-state index in [1.165, 1.54) is 16.3 Å². The van der Waals surface area contributed by atoms with Gasteiger partial charge < -0.3 is 9.57 Å². The zero-order valence-electron chi connectivity index (χ0n) is 10.5. The zero-order chi connectivity index (χ0) is 12.6. The van der Waals surface area contributed by atoms with E-state index in [9.17, 15) is 0 Å². The monoisotopic (exact) mass is 243 g/mol. The Kier molecular flexibility index (Phi) is 2.73. The summed E-state index contributed by atoms with van der Waals surface area (Å²) in [6.45, 7) is 0.606. The van der Waals surface area contributed by atoms with Crippen LogP contribution in [0.2, 0.25) is 0 Å². The van der Waals surface area contributed by atoms with Crippen LogP contribution in [0.4, 0.5) is 0 Å². The van der Waals surface area contributed by atoms with Gasteiger partial charge in [-0.25, -0.2) is 5.90 Å². The number of methoxy groups -OCH3 is 1. The molecule has 0 spiro atoms. The molecular weight excluding hydrogens is 226 g/mol. The van der Waals surface area contributed by atoms with Gasteiger partial charge in [-0.05, 0) is 41.3 Å². The van der Waals surface area contributed by atoms with Gasteiger partial charge in [0.05, 0.1) is 13.7 Å². The van der Waals surface area contributed by atoms with Gasteiger partial charge in [0.15, 0.2) is 0 Å². The Bertz CT molecular complexity index is 576. The minimum Gasteiger partial charge on any atom is -0.497 e. The minimum atomic E-state index is 0.156. The van der Waals surface area contributed by atoms with E-state index in [4.69, 9.17) is 15.5 Å². The van der Waals surface area contributed by atoms with E-state index >= 15 is 0 Å². The quantitative estimate of drug-likeness (QED) is 0.840. The molecule has 0 radical (unpaired) electrons. The molecule has 0 aliphatic heterocycles. The molecule has 1 aliphatic carbocycles. The van der Waals surface area contributed by atoms with E-state index in [1.54, 1.807) is 7.11 Å². The summed E-state index contributed by atoms with van der Waals surface area (Å²) in [4.78, 5) is 4.85. The highest BCUT2D eigenvalue weighted by Gasteiger charge is 2.44. The fourth-order valence-electron chi connectivity index (χ4n) is 2.51. The largest absolute Gasteiger partial charge is 0.497 e. The molecule has 3 nitrogen and oxygen atoms in total. The topological polar surface area (TPSA) is 44.5 Å². The molecule has 0 bridgehead atoms. The fourth-order valence-corrected chi connectivity index (χ4v) is 2.51. The summed E-state index contributed by atoms with van der Waals surface area (Å²) in [6, 6.07) is 12.7. The Balaban J connectivity index is 2.01. The van der Waals surface area contributed by atoms with Gasteiger partial charge in [-0.2, -0.15) is 0 Å². The molecule has 2 aromatic rings. The van der Waals surface area contributed by atoms with Crippen LogP contribution in [0.25, 0.3) is 10.8 Å². The third-order valence-corrected chi connectivity index (χ3v) is 3.87. The van der Waals surface area contributed by atoms with Gasteiger partial charge in [0.25, 0.3) is 0 Å². The predicted octanol–water partition coefficient (Wildman–Crippen LogP) is 2.77. The summed E-state index contributed by atoms with van der Waals surface area (Å²) in [6.07, 6.45) is 2.32. The maximum absolute atomic E-state index is 5.23. The molecule has 18 heavy (non-hydrogen) atoms. The van der Waals surface area contributed by atoms with Crippen LogP contribution in [0.3, 0.4) is 0 Å². The number of benzene rings is 2. The first kappa shape index (κ1) is 11.5. The fraction of sp³-hybridized carbons (Fsp3) is 0.333. The molecule has 3 rings (SSSR count). The summed E-state index contributed by atoms with van der Waals surface area (Å²) in [5, 5.41) is 2.43. The standard InChI is InChI=1S/C15H17NO2/c1-17-14-5-3-11-8-13(4-2-12(11)9-14)15(6-7-15)10-18-16/h2-5,8-9H,6-7,10,16H2,1H3. The normalized spacial score (nSPS) is 16.8. The second-order valence-corrected chi connectivity index (χ2v) is 5.02. The van der Waals surface area contributed by atoms with Gasteiger partial charge in [-0.15, -0.1) is 0 Å². The molecule has 0 aromatic heterocycles. The van der Waals surface area contributed by atoms with Crippen LogP contribution in [0.15, 0.2) is 36.4 Å². The first-order valence-corrected chi connectivity index (χ1v) is 6.17. The summed E-state index contributed by atoms with van der Waals surface area (Å²) < 4.78 is 5.23. The minimum absolute atomic E-state index is 0.156. The lowest BCUT2D eigenvalue weighted by Gasteiger charge is -2.15. The van der Waals surface area contributed by atoms with E-state index in [-0.39, 0.29) is 5.41 Å². The first-order valence-electron chi connectivity index (χ1n) is 6.17. The maximum atomic E-state index is 5.23. The van der Waals surface area contributed by atoms with Crippen molar-refractivity contribution in [3.05, 3.63) is 42.0 Å². The number of nitrogens with two attached hydrogens (primary N) is 1. The lowest BCUT2D eigenvalue weighted by Crippen LogP contribution is -2.17. The molecule has 0 amide bonds. The molecule has 2 N–H and O–H groups in total. The molecule has 1 aliphatic rings. The maximum Gasteiger partial charge on any atom is 0.119 e. The molecule has 0 saturated heterocycles. The van der Waals surface area contributed by atoms with Crippen molar-refractivity contribution in [2.45, 2.75) is 18.3 Å². The van der Waals surface area contributed by atoms with Crippen molar-refractivity contribution in [2.24, 2.45) is 5.90 Å². The average molecular weight is 243 g/mol. The first-order chi connectivity index (χ1) is 8.77. The van der Waals surface area contributed by atoms with Crippen LogP contribution in [0.1, 0.15) is 18.4 Å². The van der Waals surface area contributed by atoms with Crippen LogP contribution in [0, 0.1) is 0 Å². The van der Waals surface area contributed by atoms with Crippen molar-refractivity contribution in [3.63, 3.8) is 0 Å². The Hall–Kier alpha value is -1.58. The lowest BCUT2D eigenvalue weighted by molar-refractivity contribution is 0.116. The van der Waals surface area contributed by atoms with Crippen molar-refractivity contribution in [1.29, 1.82) is 0 Å². The number of hydrogen-bond acceptors (Lipinski definition) is 3. The van der Waals surface area contributed by atoms with Crippen molar-refractivity contribution in [1.82, 2.24) is 0 Å². The second-order valence-electron chi connectivity index (χ2n) is 5.02. The SMILES string of the molecule is COc1ccc2cc(C3(CON)CC3)ccc2c1. The number of hydrogen-bond donors (Lipinski definition) is 1. The number of fused-ring (bicyclic) bond motifs is 1. The molecule has 2 aromatic carbocycles. The highest BCUT2D eigenvalue weighted by atomic mass is 16.6. The second kappa shape index (κ2) is 4.26. The summed E-state index contributed by atoms with van der Waals surface area (Å²) in [5.41, 5.74) is 1.48. The summed E-state index contributed by atoms with van der Waals surface area (Å²) >= 11 is 0. The van der Waals surface area contributed by atoms with Gasteiger partial charge in [-0.3, -0.25) is 0 Å². The third-order valence-electron chi connectivity index (χ3n) is 3.87. The van der Waals surface area contributed by atoms with Gasteiger partial charge in [0, 0.05) is 5.41 Å². The van der Waals surface area contributed by atoms with Gasteiger partial charge in [-0.1, -0.05) is 24.3 Å². The molecular formula is C15H17NO2. The van der Waals surface area contributed by atoms with E-state index in [1.807, 2.05) is 6.07 Å². The van der Waals surface area contributed by atoms with Crippen LogP contribution >= 0.6 is 0 Å². The predicted molar refractivity (Wildman–Crippen MR) is 71.6 cm³/mol. The average Bonchev–Trinajstić information content (AvgIpc) is 3.19. The smallest absolute Gasteiger partial charge is 0.119 e. The Labute approximate surface area is 106 Å². The van der Waals surface area contributed by atoms with Crippen molar-refractivity contribution in [3.8, 4) is 5.75 Å². The highest BCUT2D eigenvalue weighted by molar-refractivity contribution is 5.84. The molecule has 1 fully saturated rings. The van der Waals surface area contributed by atoms with Crippen molar-refractivity contribution in [2.75, 3.05) is 13.7 Å². The summed E-state index contributed by atoms with van der Waals surface area (Å²) in [7, 11) is 1.69. The van der Waals surface area contributed by atoms with Gasteiger partial charge in [0.2, 0.25) is 0 Å². The Morgan fingerprint density at radius 2 is 1.83 bits per heavy atom. The van der Waals surface area contributed by atoms with Crippen LogP contribution in [-0.4, -0.2) is 13.7 Å². The highest BCUT2D eigenvalue weighted by Crippen LogP contribution is 2.48. The molecule has 0 atom stereocenters. The number of ether oxygens (including phenoxy) is 1. The van der Waals surface area contributed by atoms with Gasteiger partial charge in [0.1, 0.15) is 5.75 Å². The third kappa shape index (κ3) is 1.85. The molecule has 1 saturated carbocycles. The van der Waals surface area contributed by atoms with Crippen molar-refractivity contribution >= 4 is 10.8 Å². The van der Waals surface area contributed by atoms with Gasteiger partial charge >= 0.3 is 0 Å². The number of rotatable bonds is 4. The molecule has 3 heteroatoms. The van der Waals surface area contributed by atoms with E-state index in [0.717, 1.165) is 18.6 Å². The molecule has 0 unspecified atom stereocenters. The molecule has 0 heterocycles. The van der Waals surface area contributed by atoms with E-state index in [2.05, 4.69) is 30.3 Å². The Morgan fingerprint density at radius 1 is 1.11 bits per heavy atom. The van der Waals surface area contributed by atoms with Crippen LogP contribution in [-0.2, 0) is 10.3 Å². The van der Waals surface area contributed by atoms with Crippen molar-refractivity contribution < 1.29 is 9.57 Å². The van der Waals surface area contributed by atoms with E-state index in [0.29, 0.717) is 6.61 Å². The zero-order valence-corrected chi connectivity index (χ0v) is 10.5. The molecule has 94 valence electrons. The van der Waals surface area contributed by atoms with Crippen LogP contribution < -0.4 is 10.6 Å². The summed E-state index contributed by atoms with van der Waals surface area (Å²) in [5.74, 6) is 6.12. The van der Waals surface area contributed by atoms with E-state index < -0.39 is 0 Å². The van der Waals surface area contributed by atoms with Crippen LogP contribution in [0.5, 0.6) is 5.75 Å².